The molecule has 1 rings (SSSR count). The predicted octanol–water partition coefficient (Wildman–Crippen LogP) is 1.43. The molecule has 0 fully saturated rings. The van der Waals surface area contributed by atoms with Gasteiger partial charge < -0.3 is 9.80 Å². The van der Waals surface area contributed by atoms with Crippen molar-refractivity contribution in [2.75, 3.05) is 34.2 Å². The Balaban J connectivity index is 2.47. The summed E-state index contributed by atoms with van der Waals surface area (Å²) in [6.07, 6.45) is 0. The Morgan fingerprint density at radius 2 is 2.00 bits per heavy atom. The van der Waals surface area contributed by atoms with Crippen LogP contribution < -0.4 is 5.32 Å². The fraction of sp³-hybridized carbons (Fsp3) is 0.462. The second-order valence-electron chi connectivity index (χ2n) is 5.14. The summed E-state index contributed by atoms with van der Waals surface area (Å²) < 4.78 is 0.855. The van der Waals surface area contributed by atoms with E-state index in [9.17, 15) is 4.79 Å². The van der Waals surface area contributed by atoms with Gasteiger partial charge in [0, 0.05) is 5.56 Å². The fourth-order valence-corrected chi connectivity index (χ4v) is 1.39. The van der Waals surface area contributed by atoms with E-state index in [0.29, 0.717) is 6.54 Å². The standard InChI is InChI=1S/C13H20N2O/c1-11-6-5-7-12(10-11)13(16)14-8-9-15(2,3)4/h5-7,10H,8-9H2,1-4H3/p+1. The van der Waals surface area contributed by atoms with Gasteiger partial charge in [0.1, 0.15) is 0 Å². The van der Waals surface area contributed by atoms with Gasteiger partial charge in [-0.1, -0.05) is 17.7 Å². The molecule has 0 heterocycles. The van der Waals surface area contributed by atoms with Gasteiger partial charge in [-0.25, -0.2) is 0 Å². The van der Waals surface area contributed by atoms with E-state index in [2.05, 4.69) is 26.5 Å². The number of quaternary nitrogens is 1. The Morgan fingerprint density at radius 3 is 2.56 bits per heavy atom. The zero-order chi connectivity index (χ0) is 12.2. The lowest BCUT2D eigenvalue weighted by Gasteiger charge is -2.23. The van der Waals surface area contributed by atoms with Crippen LogP contribution in [0.3, 0.4) is 0 Å². The van der Waals surface area contributed by atoms with E-state index < -0.39 is 0 Å². The number of carbonyl (C=O) groups is 1. The van der Waals surface area contributed by atoms with E-state index in [-0.39, 0.29) is 5.91 Å². The highest BCUT2D eigenvalue weighted by molar-refractivity contribution is 5.94. The number of rotatable bonds is 4. The Morgan fingerprint density at radius 1 is 1.31 bits per heavy atom. The molecule has 16 heavy (non-hydrogen) atoms. The van der Waals surface area contributed by atoms with Gasteiger partial charge in [-0.15, -0.1) is 0 Å². The number of carbonyl (C=O) groups excluding carboxylic acids is 1. The number of nitrogens with one attached hydrogen (secondary N) is 1. The summed E-state index contributed by atoms with van der Waals surface area (Å²) >= 11 is 0. The van der Waals surface area contributed by atoms with Crippen LogP contribution in [0, 0.1) is 6.92 Å². The normalized spacial score (nSPS) is 11.2. The number of likely N-dealkylation sites (N-methyl/N-ethyl adjacent to an activating group) is 1. The summed E-state index contributed by atoms with van der Waals surface area (Å²) in [6, 6.07) is 7.64. The zero-order valence-electron chi connectivity index (χ0n) is 10.6. The van der Waals surface area contributed by atoms with Gasteiger partial charge >= 0.3 is 0 Å². The molecule has 3 heteroatoms. The molecule has 0 saturated carbocycles. The molecule has 0 bridgehead atoms. The predicted molar refractivity (Wildman–Crippen MR) is 66.4 cm³/mol. The molecule has 3 nitrogen and oxygen atoms in total. The first-order valence-corrected chi connectivity index (χ1v) is 5.54. The van der Waals surface area contributed by atoms with Crippen LogP contribution in [0.5, 0.6) is 0 Å². The molecule has 0 saturated heterocycles. The van der Waals surface area contributed by atoms with Crippen molar-refractivity contribution in [2.45, 2.75) is 6.92 Å². The first-order chi connectivity index (χ1) is 7.38. The molecule has 0 radical (unpaired) electrons. The van der Waals surface area contributed by atoms with Gasteiger partial charge in [-0.2, -0.15) is 0 Å². The lowest BCUT2D eigenvalue weighted by Crippen LogP contribution is -2.41. The molecule has 1 amide bonds. The van der Waals surface area contributed by atoms with E-state index in [1.165, 1.54) is 0 Å². The van der Waals surface area contributed by atoms with Crippen molar-refractivity contribution >= 4 is 5.91 Å². The summed E-state index contributed by atoms with van der Waals surface area (Å²) in [4.78, 5) is 11.8. The maximum atomic E-state index is 11.8. The van der Waals surface area contributed by atoms with E-state index in [1.807, 2.05) is 31.2 Å². The molecule has 0 atom stereocenters. The minimum atomic E-state index is 0.0113. The highest BCUT2D eigenvalue weighted by Crippen LogP contribution is 2.03. The largest absolute Gasteiger partial charge is 0.346 e. The minimum absolute atomic E-state index is 0.0113. The first-order valence-electron chi connectivity index (χ1n) is 5.54. The van der Waals surface area contributed by atoms with E-state index in [4.69, 9.17) is 0 Å². The molecular formula is C13H21N2O+. The van der Waals surface area contributed by atoms with Gasteiger partial charge in [-0.05, 0) is 19.1 Å². The molecule has 88 valence electrons. The minimum Gasteiger partial charge on any atom is -0.346 e. The SMILES string of the molecule is Cc1cccc(C(=O)NCC[N+](C)(C)C)c1. The molecular weight excluding hydrogens is 200 g/mol. The average molecular weight is 221 g/mol. The Bertz CT molecular complexity index is 366. The van der Waals surface area contributed by atoms with Crippen molar-refractivity contribution in [3.63, 3.8) is 0 Å². The summed E-state index contributed by atoms with van der Waals surface area (Å²) in [7, 11) is 6.33. The van der Waals surface area contributed by atoms with E-state index >= 15 is 0 Å². The van der Waals surface area contributed by atoms with E-state index in [1.54, 1.807) is 0 Å². The van der Waals surface area contributed by atoms with Gasteiger partial charge in [0.2, 0.25) is 0 Å². The lowest BCUT2D eigenvalue weighted by molar-refractivity contribution is -0.869. The van der Waals surface area contributed by atoms with Crippen LogP contribution in [0.2, 0.25) is 0 Å². The van der Waals surface area contributed by atoms with Crippen LogP contribution in [0.4, 0.5) is 0 Å². The molecule has 0 unspecified atom stereocenters. The van der Waals surface area contributed by atoms with Crippen LogP contribution in [0.1, 0.15) is 15.9 Å². The smallest absolute Gasteiger partial charge is 0.251 e. The van der Waals surface area contributed by atoms with Gasteiger partial charge in [0.05, 0.1) is 34.2 Å². The maximum absolute atomic E-state index is 11.8. The zero-order valence-corrected chi connectivity index (χ0v) is 10.6. The molecule has 0 aliphatic heterocycles. The van der Waals surface area contributed by atoms with Crippen molar-refractivity contribution in [1.82, 2.24) is 5.32 Å². The molecule has 0 aromatic heterocycles. The second kappa shape index (κ2) is 5.12. The lowest BCUT2D eigenvalue weighted by atomic mass is 10.1. The third-order valence-corrected chi connectivity index (χ3v) is 2.35. The van der Waals surface area contributed by atoms with Crippen molar-refractivity contribution in [1.29, 1.82) is 0 Å². The van der Waals surface area contributed by atoms with Crippen molar-refractivity contribution in [2.24, 2.45) is 0 Å². The van der Waals surface area contributed by atoms with E-state index in [0.717, 1.165) is 22.2 Å². The van der Waals surface area contributed by atoms with Crippen LogP contribution >= 0.6 is 0 Å². The van der Waals surface area contributed by atoms with Crippen LogP contribution in [-0.4, -0.2) is 44.6 Å². The molecule has 1 aromatic carbocycles. The topological polar surface area (TPSA) is 29.1 Å². The Labute approximate surface area is 97.7 Å². The summed E-state index contributed by atoms with van der Waals surface area (Å²) in [6.45, 7) is 3.62. The fourth-order valence-electron chi connectivity index (χ4n) is 1.39. The number of benzene rings is 1. The maximum Gasteiger partial charge on any atom is 0.251 e. The number of nitrogens with zero attached hydrogens (tertiary/aromatic N) is 1. The van der Waals surface area contributed by atoms with Crippen molar-refractivity contribution in [3.8, 4) is 0 Å². The molecule has 0 aliphatic carbocycles. The van der Waals surface area contributed by atoms with Crippen LogP contribution in [0.15, 0.2) is 24.3 Å². The van der Waals surface area contributed by atoms with Gasteiger partial charge in [0.15, 0.2) is 0 Å². The van der Waals surface area contributed by atoms with Gasteiger partial charge in [0.25, 0.3) is 5.91 Å². The Kier molecular flexibility index (Phi) is 4.07. The first kappa shape index (κ1) is 12.7. The number of aryl methyl sites for hydroxylation is 1. The molecule has 0 spiro atoms. The second-order valence-corrected chi connectivity index (χ2v) is 5.14. The average Bonchev–Trinajstić information content (AvgIpc) is 2.15. The Hall–Kier alpha value is -1.35. The van der Waals surface area contributed by atoms with Gasteiger partial charge in [-0.3, -0.25) is 4.79 Å². The highest BCUT2D eigenvalue weighted by atomic mass is 16.1. The summed E-state index contributed by atoms with van der Waals surface area (Å²) in [5, 5.41) is 2.93. The monoisotopic (exact) mass is 221 g/mol. The van der Waals surface area contributed by atoms with Crippen LogP contribution in [0.25, 0.3) is 0 Å². The quantitative estimate of drug-likeness (QED) is 0.766. The number of amides is 1. The summed E-state index contributed by atoms with van der Waals surface area (Å²) in [5.41, 5.74) is 1.85. The molecule has 1 aromatic rings. The highest BCUT2D eigenvalue weighted by Gasteiger charge is 2.09. The third-order valence-electron chi connectivity index (χ3n) is 2.35. The number of hydrogen-bond acceptors (Lipinski definition) is 1. The number of hydrogen-bond donors (Lipinski definition) is 1. The van der Waals surface area contributed by atoms with Crippen molar-refractivity contribution in [3.05, 3.63) is 35.4 Å². The molecule has 0 aliphatic rings. The summed E-state index contributed by atoms with van der Waals surface area (Å²) in [5.74, 6) is 0.0113. The third kappa shape index (κ3) is 4.45. The van der Waals surface area contributed by atoms with Crippen LogP contribution in [-0.2, 0) is 0 Å². The van der Waals surface area contributed by atoms with Crippen molar-refractivity contribution < 1.29 is 9.28 Å². The molecule has 1 N–H and O–H groups in total.